The molecule has 0 spiro atoms. The second kappa shape index (κ2) is 7.58. The fraction of sp³-hybridized carbons (Fsp3) is 0.429. The van der Waals surface area contributed by atoms with Crippen molar-refractivity contribution >= 4 is 16.9 Å². The van der Waals surface area contributed by atoms with Crippen molar-refractivity contribution in [2.45, 2.75) is 58.7 Å². The molecule has 0 atom stereocenters. The predicted molar refractivity (Wildman–Crippen MR) is 107 cm³/mol. The van der Waals surface area contributed by atoms with Crippen molar-refractivity contribution in [1.82, 2.24) is 24.6 Å². The number of imidazole rings is 1. The third kappa shape index (κ3) is 3.56. The Labute approximate surface area is 163 Å². The molecule has 7 nitrogen and oxygen atoms in total. The number of carbonyl (C=O) groups is 1. The molecule has 28 heavy (non-hydrogen) atoms. The van der Waals surface area contributed by atoms with E-state index in [1.54, 1.807) is 6.07 Å². The maximum atomic E-state index is 12.5. The number of aryl methyl sites for hydroxylation is 2. The average molecular weight is 379 g/mol. The van der Waals surface area contributed by atoms with Crippen LogP contribution in [0, 0.1) is 0 Å². The van der Waals surface area contributed by atoms with Crippen LogP contribution in [0.1, 0.15) is 49.8 Å². The highest BCUT2D eigenvalue weighted by atomic mass is 16.2. The van der Waals surface area contributed by atoms with Crippen LogP contribution in [0.25, 0.3) is 11.0 Å². The van der Waals surface area contributed by atoms with Gasteiger partial charge in [0, 0.05) is 12.1 Å². The van der Waals surface area contributed by atoms with Crippen LogP contribution in [0.2, 0.25) is 0 Å². The van der Waals surface area contributed by atoms with Gasteiger partial charge in [-0.25, -0.2) is 9.67 Å². The van der Waals surface area contributed by atoms with Gasteiger partial charge in [-0.3, -0.25) is 9.59 Å². The molecule has 0 bridgehead atoms. The van der Waals surface area contributed by atoms with Gasteiger partial charge in [0.05, 0.1) is 23.3 Å². The van der Waals surface area contributed by atoms with Crippen LogP contribution < -0.4 is 10.9 Å². The van der Waals surface area contributed by atoms with E-state index in [-0.39, 0.29) is 24.1 Å². The van der Waals surface area contributed by atoms with Crippen molar-refractivity contribution in [1.29, 1.82) is 0 Å². The molecule has 0 fully saturated rings. The van der Waals surface area contributed by atoms with Gasteiger partial charge >= 0.3 is 0 Å². The van der Waals surface area contributed by atoms with Gasteiger partial charge in [0.25, 0.3) is 5.56 Å². The molecule has 0 unspecified atom stereocenters. The normalized spacial score (nSPS) is 13.7. The maximum Gasteiger partial charge on any atom is 0.267 e. The number of hydrogen-bond donors (Lipinski definition) is 1. The SMILES string of the molecule is CC(C)n1c(CNC(=O)Cn2nc3c(cc2=O)CCCC3)nc2ccccc21. The van der Waals surface area contributed by atoms with Crippen LogP contribution in [0.15, 0.2) is 35.1 Å². The van der Waals surface area contributed by atoms with E-state index < -0.39 is 0 Å². The zero-order valence-corrected chi connectivity index (χ0v) is 16.3. The first-order valence-corrected chi connectivity index (χ1v) is 9.85. The smallest absolute Gasteiger partial charge is 0.267 e. The molecule has 1 aliphatic rings. The lowest BCUT2D eigenvalue weighted by atomic mass is 9.97. The minimum absolute atomic E-state index is 0.0754. The van der Waals surface area contributed by atoms with Crippen molar-refractivity contribution in [2.24, 2.45) is 0 Å². The minimum atomic E-state index is -0.243. The molecule has 0 aliphatic heterocycles. The third-order valence-corrected chi connectivity index (χ3v) is 5.20. The van der Waals surface area contributed by atoms with E-state index in [0.717, 1.165) is 53.8 Å². The summed E-state index contributed by atoms with van der Waals surface area (Å²) in [5, 5.41) is 7.30. The Hall–Kier alpha value is -2.96. The predicted octanol–water partition coefficient (Wildman–Crippen LogP) is 2.37. The summed E-state index contributed by atoms with van der Waals surface area (Å²) in [4.78, 5) is 29.4. The summed E-state index contributed by atoms with van der Waals surface area (Å²) in [5.74, 6) is 0.558. The maximum absolute atomic E-state index is 12.5. The third-order valence-electron chi connectivity index (χ3n) is 5.20. The van der Waals surface area contributed by atoms with Gasteiger partial charge in [0.2, 0.25) is 5.91 Å². The number of rotatable bonds is 5. The molecule has 0 saturated heterocycles. The Morgan fingerprint density at radius 2 is 2.00 bits per heavy atom. The van der Waals surface area contributed by atoms with Crippen LogP contribution in [-0.2, 0) is 30.7 Å². The summed E-state index contributed by atoms with van der Waals surface area (Å²) in [6, 6.07) is 9.80. The van der Waals surface area contributed by atoms with Gasteiger partial charge in [-0.05, 0) is 57.2 Å². The van der Waals surface area contributed by atoms with E-state index in [2.05, 4.69) is 33.8 Å². The number of hydrogen-bond acceptors (Lipinski definition) is 4. The second-order valence-electron chi connectivity index (χ2n) is 7.58. The number of nitrogens with one attached hydrogen (secondary N) is 1. The van der Waals surface area contributed by atoms with Gasteiger partial charge in [0.1, 0.15) is 12.4 Å². The lowest BCUT2D eigenvalue weighted by Gasteiger charge is -2.16. The molecule has 3 aromatic rings. The molecule has 2 aromatic heterocycles. The fourth-order valence-corrected chi connectivity index (χ4v) is 3.88. The van der Waals surface area contributed by atoms with E-state index in [4.69, 9.17) is 0 Å². The molecule has 7 heteroatoms. The van der Waals surface area contributed by atoms with Crippen molar-refractivity contribution < 1.29 is 4.79 Å². The van der Waals surface area contributed by atoms with E-state index in [1.807, 2.05) is 24.3 Å². The average Bonchev–Trinajstić information content (AvgIpc) is 3.05. The van der Waals surface area contributed by atoms with Crippen LogP contribution in [0.5, 0.6) is 0 Å². The zero-order chi connectivity index (χ0) is 19.7. The number of fused-ring (bicyclic) bond motifs is 2. The van der Waals surface area contributed by atoms with Crippen molar-refractivity contribution in [2.75, 3.05) is 0 Å². The van der Waals surface area contributed by atoms with E-state index in [0.29, 0.717) is 6.54 Å². The molecule has 0 saturated carbocycles. The molecule has 1 N–H and O–H groups in total. The zero-order valence-electron chi connectivity index (χ0n) is 16.3. The summed E-state index contributed by atoms with van der Waals surface area (Å²) in [5.41, 5.74) is 3.71. The van der Waals surface area contributed by atoms with Crippen molar-refractivity contribution in [3.05, 3.63) is 57.8 Å². The Morgan fingerprint density at radius 1 is 1.21 bits per heavy atom. The number of aromatic nitrogens is 4. The molecule has 0 radical (unpaired) electrons. The highest BCUT2D eigenvalue weighted by Crippen LogP contribution is 2.21. The van der Waals surface area contributed by atoms with Crippen LogP contribution >= 0.6 is 0 Å². The second-order valence-corrected chi connectivity index (χ2v) is 7.58. The largest absolute Gasteiger partial charge is 0.347 e. The van der Waals surface area contributed by atoms with Gasteiger partial charge in [-0.2, -0.15) is 5.10 Å². The highest BCUT2D eigenvalue weighted by Gasteiger charge is 2.16. The summed E-state index contributed by atoms with van der Waals surface area (Å²) in [6.07, 6.45) is 3.94. The first-order valence-electron chi connectivity index (χ1n) is 9.85. The van der Waals surface area contributed by atoms with E-state index in [1.165, 1.54) is 4.68 Å². The molecular formula is C21H25N5O2. The molecule has 1 aromatic carbocycles. The van der Waals surface area contributed by atoms with E-state index >= 15 is 0 Å². The van der Waals surface area contributed by atoms with Crippen LogP contribution in [0.4, 0.5) is 0 Å². The number of benzene rings is 1. The quantitative estimate of drug-likeness (QED) is 0.738. The Balaban J connectivity index is 1.49. The fourth-order valence-electron chi connectivity index (χ4n) is 3.88. The Morgan fingerprint density at radius 3 is 2.82 bits per heavy atom. The standard InChI is InChI=1S/C21H25N5O2/c1-14(2)26-18-10-6-5-9-17(18)23-19(26)12-22-20(27)13-25-21(28)11-15-7-3-4-8-16(15)24-25/h5-6,9-11,14H,3-4,7-8,12-13H2,1-2H3,(H,22,27). The van der Waals surface area contributed by atoms with Crippen LogP contribution in [-0.4, -0.2) is 25.2 Å². The number of nitrogens with zero attached hydrogens (tertiary/aromatic N) is 4. The summed E-state index contributed by atoms with van der Waals surface area (Å²) < 4.78 is 3.39. The van der Waals surface area contributed by atoms with Gasteiger partial charge < -0.3 is 9.88 Å². The number of amides is 1. The summed E-state index contributed by atoms with van der Waals surface area (Å²) in [6.45, 7) is 4.42. The Bertz CT molecular complexity index is 1080. The topological polar surface area (TPSA) is 81.8 Å². The number of carbonyl (C=O) groups excluding carboxylic acids is 1. The molecule has 4 rings (SSSR count). The van der Waals surface area contributed by atoms with Gasteiger partial charge in [0.15, 0.2) is 0 Å². The van der Waals surface area contributed by atoms with Crippen molar-refractivity contribution in [3.63, 3.8) is 0 Å². The first-order chi connectivity index (χ1) is 13.5. The molecule has 1 amide bonds. The monoisotopic (exact) mass is 379 g/mol. The highest BCUT2D eigenvalue weighted by molar-refractivity contribution is 5.77. The molecule has 2 heterocycles. The summed E-state index contributed by atoms with van der Waals surface area (Å²) in [7, 11) is 0. The molecule has 146 valence electrons. The molecular weight excluding hydrogens is 354 g/mol. The van der Waals surface area contributed by atoms with Gasteiger partial charge in [-0.15, -0.1) is 0 Å². The first kappa shape index (κ1) is 18.4. The minimum Gasteiger partial charge on any atom is -0.347 e. The van der Waals surface area contributed by atoms with Crippen LogP contribution in [0.3, 0.4) is 0 Å². The van der Waals surface area contributed by atoms with Gasteiger partial charge in [-0.1, -0.05) is 12.1 Å². The summed E-state index contributed by atoms with van der Waals surface area (Å²) >= 11 is 0. The number of para-hydroxylation sites is 2. The van der Waals surface area contributed by atoms with Crippen molar-refractivity contribution in [3.8, 4) is 0 Å². The Kier molecular flexibility index (Phi) is 4.98. The lowest BCUT2D eigenvalue weighted by Crippen LogP contribution is -2.35. The molecule has 1 aliphatic carbocycles. The van der Waals surface area contributed by atoms with E-state index in [9.17, 15) is 9.59 Å². The lowest BCUT2D eigenvalue weighted by molar-refractivity contribution is -0.122.